The molecule has 1 amide bonds. The lowest BCUT2D eigenvalue weighted by molar-refractivity contribution is 0.0755. The van der Waals surface area contributed by atoms with Crippen molar-refractivity contribution in [1.29, 1.82) is 0 Å². The van der Waals surface area contributed by atoms with E-state index in [9.17, 15) is 4.79 Å². The van der Waals surface area contributed by atoms with Gasteiger partial charge in [0.1, 0.15) is 0 Å². The highest BCUT2D eigenvalue weighted by molar-refractivity contribution is 5.99. The van der Waals surface area contributed by atoms with E-state index in [2.05, 4.69) is 5.43 Å². The van der Waals surface area contributed by atoms with Gasteiger partial charge in [-0.25, -0.2) is 0 Å². The van der Waals surface area contributed by atoms with Crippen LogP contribution in [0.5, 0.6) is 0 Å². The average Bonchev–Trinajstić information content (AvgIpc) is 3.08. The topological polar surface area (TPSA) is 58.4 Å². The van der Waals surface area contributed by atoms with Gasteiger partial charge < -0.3 is 10.3 Å². The van der Waals surface area contributed by atoms with Gasteiger partial charge in [-0.2, -0.15) is 0 Å². The van der Waals surface area contributed by atoms with Gasteiger partial charge in [0.05, 0.1) is 11.3 Å². The number of benzene rings is 1. The fourth-order valence-electron chi connectivity index (χ4n) is 4.20. The molecule has 0 radical (unpaired) electrons. The van der Waals surface area contributed by atoms with E-state index in [-0.39, 0.29) is 5.91 Å². The van der Waals surface area contributed by atoms with Crippen LogP contribution in [-0.2, 0) is 0 Å². The van der Waals surface area contributed by atoms with Crippen LogP contribution in [0, 0.1) is 24.7 Å². The van der Waals surface area contributed by atoms with E-state index in [0.29, 0.717) is 17.2 Å². The molecule has 0 spiro atoms. The predicted molar refractivity (Wildman–Crippen MR) is 84.9 cm³/mol. The SMILES string of the molecule is Cc1ccc(C(=O)N(C)CC2CC3CCC2C3)c(NN)c1. The Balaban J connectivity index is 1.70. The van der Waals surface area contributed by atoms with Crippen LogP contribution in [0.2, 0.25) is 0 Å². The summed E-state index contributed by atoms with van der Waals surface area (Å²) in [6.07, 6.45) is 5.44. The number of nitrogens with zero attached hydrogens (tertiary/aromatic N) is 1. The number of amides is 1. The zero-order valence-electron chi connectivity index (χ0n) is 12.9. The van der Waals surface area contributed by atoms with Crippen LogP contribution < -0.4 is 11.3 Å². The van der Waals surface area contributed by atoms with Gasteiger partial charge >= 0.3 is 0 Å². The fourth-order valence-corrected chi connectivity index (χ4v) is 4.20. The van der Waals surface area contributed by atoms with E-state index in [1.54, 1.807) is 0 Å². The van der Waals surface area contributed by atoms with Crippen LogP contribution >= 0.6 is 0 Å². The van der Waals surface area contributed by atoms with Crippen molar-refractivity contribution < 1.29 is 4.79 Å². The van der Waals surface area contributed by atoms with Crippen molar-refractivity contribution >= 4 is 11.6 Å². The quantitative estimate of drug-likeness (QED) is 0.661. The molecule has 2 bridgehead atoms. The number of hydrogen-bond donors (Lipinski definition) is 2. The number of hydrogen-bond acceptors (Lipinski definition) is 3. The van der Waals surface area contributed by atoms with Gasteiger partial charge in [0.2, 0.25) is 0 Å². The molecule has 0 heterocycles. The number of carbonyl (C=O) groups is 1. The Morgan fingerprint density at radius 3 is 2.81 bits per heavy atom. The smallest absolute Gasteiger partial charge is 0.255 e. The highest BCUT2D eigenvalue weighted by Crippen LogP contribution is 2.48. The molecule has 1 aromatic rings. The molecule has 3 unspecified atom stereocenters. The second-order valence-electron chi connectivity index (χ2n) is 6.81. The minimum Gasteiger partial charge on any atom is -0.341 e. The predicted octanol–water partition coefficient (Wildman–Crippen LogP) is 2.79. The summed E-state index contributed by atoms with van der Waals surface area (Å²) in [7, 11) is 1.91. The molecule has 2 fully saturated rings. The number of nitrogens with two attached hydrogens (primary N) is 1. The molecule has 3 N–H and O–H groups in total. The first kappa shape index (κ1) is 14.4. The molecule has 4 nitrogen and oxygen atoms in total. The van der Waals surface area contributed by atoms with Crippen molar-refractivity contribution in [2.75, 3.05) is 19.0 Å². The van der Waals surface area contributed by atoms with E-state index < -0.39 is 0 Å². The summed E-state index contributed by atoms with van der Waals surface area (Å²) in [5.74, 6) is 8.07. The maximum absolute atomic E-state index is 12.7. The number of fused-ring (bicyclic) bond motifs is 2. The molecule has 2 aliphatic carbocycles. The first-order valence-electron chi connectivity index (χ1n) is 7.91. The van der Waals surface area contributed by atoms with E-state index in [0.717, 1.165) is 23.9 Å². The monoisotopic (exact) mass is 287 g/mol. The van der Waals surface area contributed by atoms with Crippen molar-refractivity contribution in [3.8, 4) is 0 Å². The molecule has 4 heteroatoms. The van der Waals surface area contributed by atoms with E-state index >= 15 is 0 Å². The van der Waals surface area contributed by atoms with Crippen LogP contribution in [-0.4, -0.2) is 24.4 Å². The van der Waals surface area contributed by atoms with Gasteiger partial charge in [-0.3, -0.25) is 10.6 Å². The third-order valence-electron chi connectivity index (χ3n) is 5.30. The number of rotatable bonds is 4. The first-order valence-corrected chi connectivity index (χ1v) is 7.91. The maximum atomic E-state index is 12.7. The van der Waals surface area contributed by atoms with Crippen molar-refractivity contribution in [3.05, 3.63) is 29.3 Å². The van der Waals surface area contributed by atoms with Gasteiger partial charge in [-0.1, -0.05) is 12.5 Å². The van der Waals surface area contributed by atoms with Gasteiger partial charge in [-0.05, 0) is 61.6 Å². The second-order valence-corrected chi connectivity index (χ2v) is 6.81. The van der Waals surface area contributed by atoms with Crippen molar-refractivity contribution in [1.82, 2.24) is 4.90 Å². The normalized spacial score (nSPS) is 26.9. The molecule has 2 saturated carbocycles. The lowest BCUT2D eigenvalue weighted by atomic mass is 9.88. The molecule has 3 rings (SSSR count). The van der Waals surface area contributed by atoms with Crippen molar-refractivity contribution in [2.24, 2.45) is 23.6 Å². The Morgan fingerprint density at radius 1 is 1.38 bits per heavy atom. The summed E-state index contributed by atoms with van der Waals surface area (Å²) in [6.45, 7) is 2.87. The molecule has 3 atom stereocenters. The van der Waals surface area contributed by atoms with Crippen molar-refractivity contribution in [3.63, 3.8) is 0 Å². The zero-order chi connectivity index (χ0) is 15.0. The first-order chi connectivity index (χ1) is 10.1. The Hall–Kier alpha value is -1.55. The van der Waals surface area contributed by atoms with Crippen LogP contribution in [0.1, 0.15) is 41.6 Å². The summed E-state index contributed by atoms with van der Waals surface area (Å²) in [6, 6.07) is 5.74. The van der Waals surface area contributed by atoms with E-state index in [1.807, 2.05) is 37.1 Å². The fraction of sp³-hybridized carbons (Fsp3) is 0.588. The second kappa shape index (κ2) is 5.68. The Kier molecular flexibility index (Phi) is 3.89. The van der Waals surface area contributed by atoms with Crippen LogP contribution in [0.4, 0.5) is 5.69 Å². The molecule has 0 aromatic heterocycles. The van der Waals surface area contributed by atoms with E-state index in [4.69, 9.17) is 5.84 Å². The Bertz CT molecular complexity index is 543. The summed E-state index contributed by atoms with van der Waals surface area (Å²) in [5, 5.41) is 0. The minimum atomic E-state index is 0.0609. The third-order valence-corrected chi connectivity index (χ3v) is 5.30. The third kappa shape index (κ3) is 2.77. The van der Waals surface area contributed by atoms with Gasteiger partial charge in [-0.15, -0.1) is 0 Å². The lowest BCUT2D eigenvalue weighted by Crippen LogP contribution is -2.34. The molecule has 114 valence electrons. The highest BCUT2D eigenvalue weighted by atomic mass is 16.2. The number of carbonyl (C=O) groups excluding carboxylic acids is 1. The summed E-state index contributed by atoms with van der Waals surface area (Å²) < 4.78 is 0. The molecular weight excluding hydrogens is 262 g/mol. The molecular formula is C17H25N3O. The largest absolute Gasteiger partial charge is 0.341 e. The number of anilines is 1. The molecule has 2 aliphatic rings. The van der Waals surface area contributed by atoms with Crippen LogP contribution in [0.15, 0.2) is 18.2 Å². The molecule has 21 heavy (non-hydrogen) atoms. The summed E-state index contributed by atoms with van der Waals surface area (Å²) in [5.41, 5.74) is 5.11. The van der Waals surface area contributed by atoms with Crippen LogP contribution in [0.3, 0.4) is 0 Å². The summed E-state index contributed by atoms with van der Waals surface area (Å²) >= 11 is 0. The zero-order valence-corrected chi connectivity index (χ0v) is 12.9. The Labute approximate surface area is 126 Å². The standard InChI is InChI=1S/C17H25N3O/c1-11-3-6-15(16(7-11)19-18)17(21)20(2)10-14-9-12-4-5-13(14)8-12/h3,6-7,12-14,19H,4-5,8-10,18H2,1-2H3. The Morgan fingerprint density at radius 2 is 2.19 bits per heavy atom. The molecule has 1 aromatic carbocycles. The molecule has 0 aliphatic heterocycles. The van der Waals surface area contributed by atoms with Crippen molar-refractivity contribution in [2.45, 2.75) is 32.6 Å². The number of nitrogen functional groups attached to an aromatic ring is 1. The maximum Gasteiger partial charge on any atom is 0.255 e. The lowest BCUT2D eigenvalue weighted by Gasteiger charge is -2.27. The number of hydrazine groups is 1. The van der Waals surface area contributed by atoms with Gasteiger partial charge in [0.25, 0.3) is 5.91 Å². The van der Waals surface area contributed by atoms with Gasteiger partial charge in [0.15, 0.2) is 0 Å². The van der Waals surface area contributed by atoms with E-state index in [1.165, 1.54) is 25.7 Å². The number of aryl methyl sites for hydroxylation is 1. The minimum absolute atomic E-state index is 0.0609. The summed E-state index contributed by atoms with van der Waals surface area (Å²) in [4.78, 5) is 14.5. The molecule has 0 saturated heterocycles. The average molecular weight is 287 g/mol. The number of nitrogens with one attached hydrogen (secondary N) is 1. The van der Waals surface area contributed by atoms with Crippen LogP contribution in [0.25, 0.3) is 0 Å². The van der Waals surface area contributed by atoms with Gasteiger partial charge in [0, 0.05) is 13.6 Å². The highest BCUT2D eigenvalue weighted by Gasteiger charge is 2.40.